The molecule has 198 valence electrons. The summed E-state index contributed by atoms with van der Waals surface area (Å²) in [6.45, 7) is 13.6. The van der Waals surface area contributed by atoms with Crippen LogP contribution in [-0.2, 0) is 23.9 Å². The summed E-state index contributed by atoms with van der Waals surface area (Å²) < 4.78 is 11.0. The Hall–Kier alpha value is -1.91. The number of aldehydes is 1. The monoisotopic (exact) mass is 496 g/mol. The predicted octanol–water partition coefficient (Wildman–Crippen LogP) is 6.21. The zero-order chi connectivity index (χ0) is 26.1. The van der Waals surface area contributed by atoms with Crippen LogP contribution in [0, 0.1) is 45.3 Å². The van der Waals surface area contributed by atoms with Crippen molar-refractivity contribution in [2.24, 2.45) is 45.3 Å². The van der Waals surface area contributed by atoms with E-state index in [1.807, 2.05) is 6.92 Å². The van der Waals surface area contributed by atoms with Gasteiger partial charge in [0.2, 0.25) is 0 Å². The summed E-state index contributed by atoms with van der Waals surface area (Å²) >= 11 is 0. The summed E-state index contributed by atoms with van der Waals surface area (Å²) in [5.74, 6) is 1.41. The standard InChI is InChI=1S/C31H44O5/c1-19(17-32)8-7-9-20(2)22-10-12-29(5)24-16-23-26(21(3)27(34)36-23)31(13-11-25(33)35-6)18-30(24,31)15-14-28(22,29)4/h8,17,20,22-24,26H,3,7,9-16,18H2,1-2,4-6H3/t20-,22?,23-,24+,26-,28-,29+,30+,31-/m1/s1. The molecule has 5 fully saturated rings. The summed E-state index contributed by atoms with van der Waals surface area (Å²) in [4.78, 5) is 35.9. The number of fused-ring (bicyclic) bond motifs is 4. The number of carbonyl (C=O) groups is 3. The van der Waals surface area contributed by atoms with Gasteiger partial charge in [0, 0.05) is 17.9 Å². The summed E-state index contributed by atoms with van der Waals surface area (Å²) in [6, 6.07) is 0. The maximum Gasteiger partial charge on any atom is 0.334 e. The van der Waals surface area contributed by atoms with E-state index in [0.29, 0.717) is 29.7 Å². The van der Waals surface area contributed by atoms with Crippen LogP contribution in [-0.4, -0.2) is 31.4 Å². The average Bonchev–Trinajstić information content (AvgIpc) is 3.31. The van der Waals surface area contributed by atoms with Crippen LogP contribution < -0.4 is 0 Å². The van der Waals surface area contributed by atoms with Gasteiger partial charge in [0.1, 0.15) is 12.4 Å². The fourth-order valence-corrected chi connectivity index (χ4v) is 10.4. The minimum absolute atomic E-state index is 0.0443. The molecule has 5 heteroatoms. The highest BCUT2D eigenvalue weighted by Crippen LogP contribution is 2.88. The van der Waals surface area contributed by atoms with Crippen LogP contribution in [0.3, 0.4) is 0 Å². The molecule has 0 aromatic carbocycles. The van der Waals surface area contributed by atoms with Crippen LogP contribution >= 0.6 is 0 Å². The third kappa shape index (κ3) is 3.29. The number of carbonyl (C=O) groups excluding carboxylic acids is 3. The normalized spacial score (nSPS) is 45.6. The van der Waals surface area contributed by atoms with Crippen LogP contribution in [0.4, 0.5) is 0 Å². The molecule has 0 aromatic rings. The van der Waals surface area contributed by atoms with Crippen molar-refractivity contribution in [2.75, 3.05) is 7.11 Å². The van der Waals surface area contributed by atoms with Crippen molar-refractivity contribution < 1.29 is 23.9 Å². The lowest BCUT2D eigenvalue weighted by Gasteiger charge is -2.61. The van der Waals surface area contributed by atoms with Crippen molar-refractivity contribution in [1.29, 1.82) is 0 Å². The van der Waals surface area contributed by atoms with Gasteiger partial charge >= 0.3 is 11.9 Å². The van der Waals surface area contributed by atoms with E-state index >= 15 is 0 Å². The number of esters is 2. The van der Waals surface area contributed by atoms with E-state index < -0.39 is 0 Å². The molecule has 0 aromatic heterocycles. The summed E-state index contributed by atoms with van der Waals surface area (Å²) in [5, 5.41) is 0. The van der Waals surface area contributed by atoms with Crippen molar-refractivity contribution in [2.45, 2.75) is 98.0 Å². The fraction of sp³-hybridized carbons (Fsp3) is 0.774. The number of allylic oxidation sites excluding steroid dienone is 2. The van der Waals surface area contributed by atoms with Gasteiger partial charge in [-0.05, 0) is 110 Å². The van der Waals surface area contributed by atoms with Crippen LogP contribution in [0.2, 0.25) is 0 Å². The summed E-state index contributed by atoms with van der Waals surface area (Å²) in [7, 11) is 1.46. The van der Waals surface area contributed by atoms with Gasteiger partial charge in [-0.15, -0.1) is 0 Å². The largest absolute Gasteiger partial charge is 0.469 e. The first kappa shape index (κ1) is 25.7. The minimum Gasteiger partial charge on any atom is -0.469 e. The second-order valence-electron chi connectivity index (χ2n) is 13.4. The Morgan fingerprint density at radius 2 is 2.00 bits per heavy atom. The Morgan fingerprint density at radius 3 is 2.69 bits per heavy atom. The van der Waals surface area contributed by atoms with Crippen LogP contribution in [0.15, 0.2) is 23.8 Å². The molecule has 0 bridgehead atoms. The van der Waals surface area contributed by atoms with Crippen molar-refractivity contribution in [3.63, 3.8) is 0 Å². The molecule has 1 saturated heterocycles. The molecule has 1 spiro atoms. The first-order valence-corrected chi connectivity index (χ1v) is 14.1. The van der Waals surface area contributed by atoms with Gasteiger partial charge in [0.05, 0.1) is 7.11 Å². The Balaban J connectivity index is 1.44. The molecule has 4 saturated carbocycles. The first-order chi connectivity index (χ1) is 17.0. The van der Waals surface area contributed by atoms with Gasteiger partial charge in [-0.3, -0.25) is 9.59 Å². The van der Waals surface area contributed by atoms with Crippen molar-refractivity contribution in [1.82, 2.24) is 0 Å². The molecule has 1 aliphatic heterocycles. The molecule has 1 unspecified atom stereocenters. The van der Waals surface area contributed by atoms with Gasteiger partial charge < -0.3 is 9.47 Å². The molecule has 5 nitrogen and oxygen atoms in total. The highest BCUT2D eigenvalue weighted by atomic mass is 16.6. The fourth-order valence-electron chi connectivity index (χ4n) is 10.4. The smallest absolute Gasteiger partial charge is 0.334 e. The lowest BCUT2D eigenvalue weighted by Crippen LogP contribution is -2.56. The second kappa shape index (κ2) is 8.56. The number of hydrogen-bond donors (Lipinski definition) is 0. The van der Waals surface area contributed by atoms with E-state index in [4.69, 9.17) is 9.47 Å². The summed E-state index contributed by atoms with van der Waals surface area (Å²) in [6.07, 6.45) is 13.0. The van der Waals surface area contributed by atoms with Gasteiger partial charge in [0.25, 0.3) is 0 Å². The van der Waals surface area contributed by atoms with E-state index in [-0.39, 0.29) is 45.6 Å². The van der Waals surface area contributed by atoms with E-state index in [2.05, 4.69) is 33.4 Å². The van der Waals surface area contributed by atoms with E-state index in [9.17, 15) is 14.4 Å². The molecule has 36 heavy (non-hydrogen) atoms. The molecule has 0 amide bonds. The number of rotatable bonds is 8. The highest BCUT2D eigenvalue weighted by Gasteiger charge is 2.83. The number of ether oxygens (including phenoxy) is 2. The van der Waals surface area contributed by atoms with Gasteiger partial charge in [0.15, 0.2) is 0 Å². The number of hydrogen-bond acceptors (Lipinski definition) is 5. The van der Waals surface area contributed by atoms with Crippen molar-refractivity contribution in [3.05, 3.63) is 23.8 Å². The average molecular weight is 497 g/mol. The molecule has 1 heterocycles. The topological polar surface area (TPSA) is 69.7 Å². The summed E-state index contributed by atoms with van der Waals surface area (Å²) in [5.41, 5.74) is 2.00. The Labute approximate surface area is 216 Å². The SMILES string of the molecule is C=C1C(=O)O[C@@H]2C[C@@H]3[C@]4(CC[C@]5(C)C([C@H](C)CCC=C(C)C=O)CC[C@@]35C)C[C@]4(CCC(=O)OC)[C@H]12. The maximum absolute atomic E-state index is 12.7. The van der Waals surface area contributed by atoms with Crippen LogP contribution in [0.1, 0.15) is 91.9 Å². The minimum atomic E-state index is -0.229. The van der Waals surface area contributed by atoms with Crippen LogP contribution in [0.25, 0.3) is 0 Å². The molecular weight excluding hydrogens is 452 g/mol. The third-order valence-corrected chi connectivity index (χ3v) is 12.4. The van der Waals surface area contributed by atoms with Crippen molar-refractivity contribution in [3.8, 4) is 0 Å². The molecule has 4 aliphatic carbocycles. The van der Waals surface area contributed by atoms with Crippen molar-refractivity contribution >= 4 is 18.2 Å². The van der Waals surface area contributed by atoms with E-state index in [0.717, 1.165) is 44.0 Å². The zero-order valence-electron chi connectivity index (χ0n) is 22.9. The molecule has 0 N–H and O–H groups in total. The second-order valence-corrected chi connectivity index (χ2v) is 13.4. The molecule has 9 atom stereocenters. The lowest BCUT2D eigenvalue weighted by molar-refractivity contribution is -0.158. The molecule has 0 radical (unpaired) electrons. The quantitative estimate of drug-likeness (QED) is 0.227. The molecule has 5 rings (SSSR count). The maximum atomic E-state index is 12.7. The molecular formula is C31H44O5. The van der Waals surface area contributed by atoms with E-state index in [1.54, 1.807) is 0 Å². The predicted molar refractivity (Wildman–Crippen MR) is 138 cm³/mol. The molecule has 5 aliphatic rings. The van der Waals surface area contributed by atoms with Gasteiger partial charge in [-0.25, -0.2) is 4.79 Å². The lowest BCUT2D eigenvalue weighted by atomic mass is 9.43. The zero-order valence-corrected chi connectivity index (χ0v) is 22.9. The number of methoxy groups -OCH3 is 1. The van der Waals surface area contributed by atoms with Gasteiger partial charge in [-0.2, -0.15) is 0 Å². The van der Waals surface area contributed by atoms with E-state index in [1.165, 1.54) is 32.8 Å². The Bertz CT molecular complexity index is 1010. The van der Waals surface area contributed by atoms with Gasteiger partial charge in [-0.1, -0.05) is 33.4 Å². The Morgan fingerprint density at radius 1 is 1.25 bits per heavy atom. The Kier molecular flexibility index (Phi) is 6.12. The first-order valence-electron chi connectivity index (χ1n) is 14.1. The van der Waals surface area contributed by atoms with Crippen LogP contribution in [0.5, 0.6) is 0 Å². The third-order valence-electron chi connectivity index (χ3n) is 12.4. The highest BCUT2D eigenvalue weighted by molar-refractivity contribution is 5.91.